The average Bonchev–Trinajstić information content (AvgIpc) is 2.18. The molecule has 0 saturated heterocycles. The van der Waals surface area contributed by atoms with Crippen LogP contribution in [-0.2, 0) is 6.61 Å². The van der Waals surface area contributed by atoms with E-state index in [-0.39, 0.29) is 12.6 Å². The summed E-state index contributed by atoms with van der Waals surface area (Å²) in [5.74, 6) is 0. The van der Waals surface area contributed by atoms with Gasteiger partial charge in [-0.2, -0.15) is 0 Å². The van der Waals surface area contributed by atoms with Crippen LogP contribution in [0, 0.1) is 0 Å². The number of nitrogens with two attached hydrogens (primary N) is 1. The maximum absolute atomic E-state index is 8.91. The van der Waals surface area contributed by atoms with E-state index < -0.39 is 0 Å². The van der Waals surface area contributed by atoms with Gasteiger partial charge >= 0.3 is 0 Å². The second-order valence-electron chi connectivity index (χ2n) is 3.14. The highest BCUT2D eigenvalue weighted by atomic mass is 16.3. The second-order valence-corrected chi connectivity index (χ2v) is 3.14. The Balaban J connectivity index is 2.75. The molecule has 1 aromatic rings. The zero-order valence-electron chi connectivity index (χ0n) is 7.90. The fourth-order valence-electron chi connectivity index (χ4n) is 1.25. The van der Waals surface area contributed by atoms with Crippen molar-refractivity contribution in [2.45, 2.75) is 32.4 Å². The molecular formula is C10H16N2O. The lowest BCUT2D eigenvalue weighted by molar-refractivity contribution is 0.281. The number of aliphatic hydroxyl groups excluding tert-OH is 1. The first-order valence-corrected chi connectivity index (χ1v) is 4.59. The summed E-state index contributed by atoms with van der Waals surface area (Å²) in [6.07, 6.45) is 3.67. The van der Waals surface area contributed by atoms with Crippen LogP contribution in [0.4, 0.5) is 0 Å². The number of nitrogens with zero attached hydrogens (tertiary/aromatic N) is 1. The van der Waals surface area contributed by atoms with Gasteiger partial charge < -0.3 is 10.8 Å². The van der Waals surface area contributed by atoms with Gasteiger partial charge in [-0.3, -0.25) is 4.98 Å². The van der Waals surface area contributed by atoms with Crippen molar-refractivity contribution in [3.8, 4) is 0 Å². The summed E-state index contributed by atoms with van der Waals surface area (Å²) < 4.78 is 0. The highest BCUT2D eigenvalue weighted by Crippen LogP contribution is 2.14. The standard InChI is InChI=1S/C10H16N2O/c1-2-3-9(11)10-6-8(7-13)4-5-12-10/h4-6,9,13H,2-3,7,11H2,1H3/t9-/m1/s1. The van der Waals surface area contributed by atoms with Crippen LogP contribution >= 0.6 is 0 Å². The summed E-state index contributed by atoms with van der Waals surface area (Å²) >= 11 is 0. The van der Waals surface area contributed by atoms with E-state index >= 15 is 0 Å². The maximum Gasteiger partial charge on any atom is 0.0683 e. The molecule has 0 aliphatic carbocycles. The molecule has 0 unspecified atom stereocenters. The number of rotatable bonds is 4. The zero-order chi connectivity index (χ0) is 9.68. The van der Waals surface area contributed by atoms with E-state index in [1.807, 2.05) is 6.07 Å². The predicted octanol–water partition coefficient (Wildman–Crippen LogP) is 1.37. The van der Waals surface area contributed by atoms with Crippen molar-refractivity contribution < 1.29 is 5.11 Å². The third-order valence-electron chi connectivity index (χ3n) is 2.01. The summed E-state index contributed by atoms with van der Waals surface area (Å²) in [5, 5.41) is 8.91. The van der Waals surface area contributed by atoms with Crippen molar-refractivity contribution in [3.05, 3.63) is 29.6 Å². The Labute approximate surface area is 78.6 Å². The highest BCUT2D eigenvalue weighted by molar-refractivity contribution is 5.17. The second kappa shape index (κ2) is 4.94. The van der Waals surface area contributed by atoms with Crippen LogP contribution in [0.3, 0.4) is 0 Å². The number of hydrogen-bond acceptors (Lipinski definition) is 3. The van der Waals surface area contributed by atoms with Gasteiger partial charge in [0, 0.05) is 12.2 Å². The summed E-state index contributed by atoms with van der Waals surface area (Å²) in [6, 6.07) is 3.65. The molecule has 1 atom stereocenters. The van der Waals surface area contributed by atoms with Crippen molar-refractivity contribution in [2.24, 2.45) is 5.73 Å². The molecular weight excluding hydrogens is 164 g/mol. The molecule has 0 aliphatic rings. The summed E-state index contributed by atoms with van der Waals surface area (Å²) in [7, 11) is 0. The first-order valence-electron chi connectivity index (χ1n) is 4.59. The molecule has 3 nitrogen and oxygen atoms in total. The van der Waals surface area contributed by atoms with Gasteiger partial charge in [0.25, 0.3) is 0 Å². The van der Waals surface area contributed by atoms with Crippen molar-refractivity contribution >= 4 is 0 Å². The fourth-order valence-corrected chi connectivity index (χ4v) is 1.25. The Morgan fingerprint density at radius 2 is 2.38 bits per heavy atom. The predicted molar refractivity (Wildman–Crippen MR) is 52.0 cm³/mol. The van der Waals surface area contributed by atoms with Crippen molar-refractivity contribution in [3.63, 3.8) is 0 Å². The lowest BCUT2D eigenvalue weighted by Crippen LogP contribution is -2.11. The van der Waals surface area contributed by atoms with Crippen molar-refractivity contribution in [2.75, 3.05) is 0 Å². The van der Waals surface area contributed by atoms with Crippen LogP contribution in [0.25, 0.3) is 0 Å². The molecule has 0 saturated carbocycles. The van der Waals surface area contributed by atoms with Crippen molar-refractivity contribution in [1.82, 2.24) is 4.98 Å². The SMILES string of the molecule is CCC[C@@H](N)c1cc(CO)ccn1. The number of aliphatic hydroxyl groups is 1. The van der Waals surface area contributed by atoms with Gasteiger partial charge in [-0.1, -0.05) is 13.3 Å². The van der Waals surface area contributed by atoms with E-state index in [0.29, 0.717) is 0 Å². The minimum absolute atomic E-state index is 0.00324. The van der Waals surface area contributed by atoms with Crippen LogP contribution in [0.2, 0.25) is 0 Å². The Morgan fingerprint density at radius 1 is 1.62 bits per heavy atom. The van der Waals surface area contributed by atoms with E-state index in [9.17, 15) is 0 Å². The molecule has 13 heavy (non-hydrogen) atoms. The van der Waals surface area contributed by atoms with Crippen LogP contribution in [0.15, 0.2) is 18.3 Å². The fraction of sp³-hybridized carbons (Fsp3) is 0.500. The van der Waals surface area contributed by atoms with Gasteiger partial charge in [0.15, 0.2) is 0 Å². The van der Waals surface area contributed by atoms with Crippen LogP contribution < -0.4 is 5.73 Å². The number of pyridine rings is 1. The first kappa shape index (κ1) is 10.2. The molecule has 0 aliphatic heterocycles. The lowest BCUT2D eigenvalue weighted by atomic mass is 10.1. The molecule has 0 bridgehead atoms. The lowest BCUT2D eigenvalue weighted by Gasteiger charge is -2.09. The van der Waals surface area contributed by atoms with E-state index in [4.69, 9.17) is 10.8 Å². The molecule has 1 heterocycles. The quantitative estimate of drug-likeness (QED) is 0.735. The smallest absolute Gasteiger partial charge is 0.0683 e. The van der Waals surface area contributed by atoms with Crippen LogP contribution in [0.5, 0.6) is 0 Å². The van der Waals surface area contributed by atoms with Gasteiger partial charge in [-0.15, -0.1) is 0 Å². The summed E-state index contributed by atoms with van der Waals surface area (Å²) in [4.78, 5) is 4.17. The van der Waals surface area contributed by atoms with Gasteiger partial charge in [0.2, 0.25) is 0 Å². The zero-order valence-corrected chi connectivity index (χ0v) is 7.90. The molecule has 0 fully saturated rings. The molecule has 3 N–H and O–H groups in total. The van der Waals surface area contributed by atoms with Crippen LogP contribution in [0.1, 0.15) is 37.1 Å². The summed E-state index contributed by atoms with van der Waals surface area (Å²) in [6.45, 7) is 2.14. The third-order valence-corrected chi connectivity index (χ3v) is 2.01. The molecule has 0 aromatic carbocycles. The van der Waals surface area contributed by atoms with E-state index in [0.717, 1.165) is 24.1 Å². The Hall–Kier alpha value is -0.930. The van der Waals surface area contributed by atoms with Crippen LogP contribution in [-0.4, -0.2) is 10.1 Å². The summed E-state index contributed by atoms with van der Waals surface area (Å²) in [5.41, 5.74) is 7.63. The molecule has 0 radical (unpaired) electrons. The Morgan fingerprint density at radius 3 is 3.00 bits per heavy atom. The first-order chi connectivity index (χ1) is 6.27. The van der Waals surface area contributed by atoms with Gasteiger partial charge in [0.05, 0.1) is 12.3 Å². The topological polar surface area (TPSA) is 59.1 Å². The van der Waals surface area contributed by atoms with Gasteiger partial charge in [-0.05, 0) is 24.1 Å². The monoisotopic (exact) mass is 180 g/mol. The van der Waals surface area contributed by atoms with Gasteiger partial charge in [-0.25, -0.2) is 0 Å². The van der Waals surface area contributed by atoms with Gasteiger partial charge in [0.1, 0.15) is 0 Å². The molecule has 0 amide bonds. The maximum atomic E-state index is 8.91. The molecule has 3 heteroatoms. The highest BCUT2D eigenvalue weighted by Gasteiger charge is 2.05. The third kappa shape index (κ3) is 2.79. The Kier molecular flexibility index (Phi) is 3.86. The van der Waals surface area contributed by atoms with E-state index in [1.165, 1.54) is 0 Å². The van der Waals surface area contributed by atoms with E-state index in [2.05, 4.69) is 11.9 Å². The van der Waals surface area contributed by atoms with Crippen molar-refractivity contribution in [1.29, 1.82) is 0 Å². The average molecular weight is 180 g/mol. The Bertz CT molecular complexity index is 263. The minimum Gasteiger partial charge on any atom is -0.392 e. The normalized spacial score (nSPS) is 12.8. The van der Waals surface area contributed by atoms with E-state index in [1.54, 1.807) is 12.3 Å². The molecule has 72 valence electrons. The number of hydrogen-bond donors (Lipinski definition) is 2. The molecule has 0 spiro atoms. The molecule has 1 aromatic heterocycles. The number of aromatic nitrogens is 1. The largest absolute Gasteiger partial charge is 0.392 e. The molecule has 1 rings (SSSR count). The minimum atomic E-state index is -0.00324.